The zero-order valence-corrected chi connectivity index (χ0v) is 11.8. The van der Waals surface area contributed by atoms with Crippen molar-refractivity contribution in [1.29, 1.82) is 0 Å². The second-order valence-corrected chi connectivity index (χ2v) is 5.37. The Kier molecular flexibility index (Phi) is 2.78. The second-order valence-electron chi connectivity index (χ2n) is 5.37. The number of hydrogen-bond donors (Lipinski definition) is 0. The van der Waals surface area contributed by atoms with Gasteiger partial charge < -0.3 is 4.74 Å². The molecule has 0 bridgehead atoms. The largest absolute Gasteiger partial charge is 0.494 e. The molecule has 21 heavy (non-hydrogen) atoms. The molecule has 0 N–H and O–H groups in total. The average molecular weight is 277 g/mol. The Balaban J connectivity index is 1.83. The van der Waals surface area contributed by atoms with Crippen LogP contribution in [0.2, 0.25) is 0 Å². The van der Waals surface area contributed by atoms with Crippen molar-refractivity contribution in [2.75, 3.05) is 13.7 Å². The van der Waals surface area contributed by atoms with E-state index in [9.17, 15) is 0 Å². The Hall–Kier alpha value is -2.54. The van der Waals surface area contributed by atoms with Gasteiger partial charge in [-0.2, -0.15) is 5.10 Å². The summed E-state index contributed by atoms with van der Waals surface area (Å²) in [4.78, 5) is 4.23. The van der Waals surface area contributed by atoms with Gasteiger partial charge in [0.1, 0.15) is 11.3 Å². The van der Waals surface area contributed by atoms with E-state index in [0.29, 0.717) is 12.5 Å². The first-order chi connectivity index (χ1) is 10.3. The van der Waals surface area contributed by atoms with Gasteiger partial charge in [-0.3, -0.25) is 4.99 Å². The maximum atomic E-state index is 5.55. The zero-order valence-electron chi connectivity index (χ0n) is 11.8. The number of rotatable bonds is 2. The molecule has 0 radical (unpaired) electrons. The molecular weight excluding hydrogens is 262 g/mol. The fraction of sp³-hybridized carbons (Fsp3) is 0.294. The van der Waals surface area contributed by atoms with E-state index < -0.39 is 0 Å². The molecule has 4 nitrogen and oxygen atoms in total. The van der Waals surface area contributed by atoms with Crippen LogP contribution in [0.25, 0.3) is 11.1 Å². The van der Waals surface area contributed by atoms with Gasteiger partial charge in [-0.15, -0.1) is 0 Å². The number of aliphatic imine (C=N–C) groups is 1. The standard InChI is InChI=1S/C17H15N3O/c1-21-16-8-15(13-6-7-18-9-13)11-20-17(16)14(10-19-20)5-4-12-2-3-12/h6-8,10-12H,2-3,9H2,1H3. The van der Waals surface area contributed by atoms with Crippen LogP contribution in [0.3, 0.4) is 0 Å². The van der Waals surface area contributed by atoms with E-state index in [2.05, 4.69) is 21.9 Å². The summed E-state index contributed by atoms with van der Waals surface area (Å²) < 4.78 is 7.40. The molecule has 0 unspecified atom stereocenters. The van der Waals surface area contributed by atoms with Gasteiger partial charge >= 0.3 is 0 Å². The third kappa shape index (κ3) is 2.21. The molecule has 2 aromatic rings. The van der Waals surface area contributed by atoms with Gasteiger partial charge in [-0.25, -0.2) is 4.52 Å². The summed E-state index contributed by atoms with van der Waals surface area (Å²) >= 11 is 0. The Morgan fingerprint density at radius 1 is 1.38 bits per heavy atom. The maximum absolute atomic E-state index is 5.55. The Morgan fingerprint density at radius 2 is 2.29 bits per heavy atom. The molecule has 1 aliphatic heterocycles. The smallest absolute Gasteiger partial charge is 0.146 e. The van der Waals surface area contributed by atoms with Crippen molar-refractivity contribution in [1.82, 2.24) is 9.61 Å². The molecule has 2 aliphatic rings. The molecule has 104 valence electrons. The predicted molar refractivity (Wildman–Crippen MR) is 82.7 cm³/mol. The molecule has 0 saturated heterocycles. The molecule has 4 rings (SSSR count). The van der Waals surface area contributed by atoms with Gasteiger partial charge in [-0.05, 0) is 30.6 Å². The van der Waals surface area contributed by atoms with Gasteiger partial charge in [0.2, 0.25) is 0 Å². The molecule has 0 spiro atoms. The topological polar surface area (TPSA) is 38.9 Å². The fourth-order valence-corrected chi connectivity index (χ4v) is 2.45. The molecule has 1 fully saturated rings. The van der Waals surface area contributed by atoms with E-state index in [0.717, 1.165) is 22.4 Å². The van der Waals surface area contributed by atoms with Crippen LogP contribution >= 0.6 is 0 Å². The number of methoxy groups -OCH3 is 1. The summed E-state index contributed by atoms with van der Waals surface area (Å²) in [5, 5.41) is 4.42. The van der Waals surface area contributed by atoms with Gasteiger partial charge in [-0.1, -0.05) is 11.8 Å². The minimum Gasteiger partial charge on any atom is -0.494 e. The second kappa shape index (κ2) is 4.78. The number of ether oxygens (including phenoxy) is 1. The summed E-state index contributed by atoms with van der Waals surface area (Å²) in [6.45, 7) is 0.713. The highest BCUT2D eigenvalue weighted by Crippen LogP contribution is 2.30. The van der Waals surface area contributed by atoms with Crippen LogP contribution < -0.4 is 4.74 Å². The van der Waals surface area contributed by atoms with Crippen LogP contribution in [0, 0.1) is 17.8 Å². The first kappa shape index (κ1) is 12.2. The number of nitrogens with zero attached hydrogens (tertiary/aromatic N) is 3. The van der Waals surface area contributed by atoms with E-state index in [1.54, 1.807) is 7.11 Å². The fourth-order valence-electron chi connectivity index (χ4n) is 2.45. The van der Waals surface area contributed by atoms with E-state index in [1.807, 2.05) is 35.3 Å². The lowest BCUT2D eigenvalue weighted by Gasteiger charge is -2.08. The molecule has 0 aromatic carbocycles. The predicted octanol–water partition coefficient (Wildman–Crippen LogP) is 2.57. The highest BCUT2D eigenvalue weighted by atomic mass is 16.5. The van der Waals surface area contributed by atoms with Crippen molar-refractivity contribution in [3.05, 3.63) is 35.7 Å². The lowest BCUT2D eigenvalue weighted by molar-refractivity contribution is 0.417. The van der Waals surface area contributed by atoms with Crippen molar-refractivity contribution >= 4 is 17.3 Å². The van der Waals surface area contributed by atoms with E-state index in [4.69, 9.17) is 4.74 Å². The molecule has 0 atom stereocenters. The first-order valence-electron chi connectivity index (χ1n) is 7.11. The summed E-state index contributed by atoms with van der Waals surface area (Å²) in [6, 6.07) is 2.04. The Labute approximate surface area is 123 Å². The normalized spacial score (nSPS) is 16.7. The number of fused-ring (bicyclic) bond motifs is 1. The number of pyridine rings is 1. The van der Waals surface area contributed by atoms with Gasteiger partial charge in [0.25, 0.3) is 0 Å². The van der Waals surface area contributed by atoms with Gasteiger partial charge in [0, 0.05) is 23.9 Å². The minimum absolute atomic E-state index is 0.575. The lowest BCUT2D eigenvalue weighted by atomic mass is 10.1. The molecule has 2 aromatic heterocycles. The number of aromatic nitrogens is 2. The van der Waals surface area contributed by atoms with Crippen LogP contribution in [0.5, 0.6) is 5.75 Å². The number of hydrogen-bond acceptors (Lipinski definition) is 3. The highest BCUT2D eigenvalue weighted by Gasteiger charge is 2.18. The summed E-state index contributed by atoms with van der Waals surface area (Å²) in [5.74, 6) is 7.90. The average Bonchev–Trinajstić information content (AvgIpc) is 3.02. The summed E-state index contributed by atoms with van der Waals surface area (Å²) in [5.41, 5.74) is 4.13. The maximum Gasteiger partial charge on any atom is 0.146 e. The minimum atomic E-state index is 0.575. The van der Waals surface area contributed by atoms with E-state index in [-0.39, 0.29) is 0 Å². The van der Waals surface area contributed by atoms with Crippen LogP contribution in [0.4, 0.5) is 0 Å². The van der Waals surface area contributed by atoms with E-state index >= 15 is 0 Å². The van der Waals surface area contributed by atoms with Crippen LogP contribution in [0.1, 0.15) is 24.0 Å². The third-order valence-electron chi connectivity index (χ3n) is 3.80. The highest BCUT2D eigenvalue weighted by molar-refractivity contribution is 5.90. The molecule has 0 amide bonds. The summed E-state index contributed by atoms with van der Waals surface area (Å²) in [7, 11) is 1.68. The lowest BCUT2D eigenvalue weighted by Crippen LogP contribution is -1.97. The SMILES string of the molecule is COc1cc(C2=CC=NC2)cn2ncc(C#CC3CC3)c12. The Morgan fingerprint density at radius 3 is 3.00 bits per heavy atom. The zero-order chi connectivity index (χ0) is 14.2. The van der Waals surface area contributed by atoms with E-state index in [1.165, 1.54) is 18.4 Å². The van der Waals surface area contributed by atoms with Crippen LogP contribution in [-0.2, 0) is 0 Å². The van der Waals surface area contributed by atoms with Crippen molar-refractivity contribution in [3.8, 4) is 17.6 Å². The third-order valence-corrected chi connectivity index (χ3v) is 3.80. The van der Waals surface area contributed by atoms with Gasteiger partial charge in [0.15, 0.2) is 0 Å². The van der Waals surface area contributed by atoms with Crippen molar-refractivity contribution < 1.29 is 4.74 Å². The molecule has 1 aliphatic carbocycles. The quantitative estimate of drug-likeness (QED) is 0.791. The van der Waals surface area contributed by atoms with Crippen LogP contribution in [0.15, 0.2) is 29.5 Å². The molecular formula is C17H15N3O. The van der Waals surface area contributed by atoms with Crippen molar-refractivity contribution in [2.24, 2.45) is 10.9 Å². The molecule has 1 saturated carbocycles. The monoisotopic (exact) mass is 277 g/mol. The van der Waals surface area contributed by atoms with Gasteiger partial charge in [0.05, 0.1) is 25.4 Å². The van der Waals surface area contributed by atoms with Crippen molar-refractivity contribution in [3.63, 3.8) is 0 Å². The van der Waals surface area contributed by atoms with Crippen molar-refractivity contribution in [2.45, 2.75) is 12.8 Å². The Bertz CT molecular complexity index is 829. The van der Waals surface area contributed by atoms with Crippen LogP contribution in [-0.4, -0.2) is 29.5 Å². The summed E-state index contributed by atoms with van der Waals surface area (Å²) in [6.07, 6.45) is 10.1. The molecule has 4 heteroatoms. The number of allylic oxidation sites excluding steroid dienone is 1. The molecule has 3 heterocycles. The first-order valence-corrected chi connectivity index (χ1v) is 7.11.